The van der Waals surface area contributed by atoms with Gasteiger partial charge in [-0.2, -0.15) is 0 Å². The summed E-state index contributed by atoms with van der Waals surface area (Å²) in [4.78, 5) is 25.9. The molecule has 0 aliphatic carbocycles. The Balaban J connectivity index is 1.82. The van der Waals surface area contributed by atoms with Gasteiger partial charge in [0, 0.05) is 19.3 Å². The van der Waals surface area contributed by atoms with Crippen molar-refractivity contribution in [3.63, 3.8) is 0 Å². The molecular formula is C19H25N3O4. The van der Waals surface area contributed by atoms with Crippen LogP contribution in [0.4, 0.5) is 0 Å². The Bertz CT molecular complexity index is 862. The number of nitrogens with two attached hydrogens (primary N) is 1. The van der Waals surface area contributed by atoms with Crippen molar-refractivity contribution in [2.24, 2.45) is 11.7 Å². The van der Waals surface area contributed by atoms with Gasteiger partial charge >= 0.3 is 5.97 Å². The highest BCUT2D eigenvalue weighted by Gasteiger charge is 2.22. The Morgan fingerprint density at radius 2 is 2.19 bits per heavy atom. The summed E-state index contributed by atoms with van der Waals surface area (Å²) in [6.07, 6.45) is 4.71. The number of aromatic nitrogens is 1. The van der Waals surface area contributed by atoms with E-state index in [0.29, 0.717) is 17.2 Å². The van der Waals surface area contributed by atoms with E-state index in [0.717, 1.165) is 44.6 Å². The lowest BCUT2D eigenvalue weighted by atomic mass is 10.1. The summed E-state index contributed by atoms with van der Waals surface area (Å²) in [5.41, 5.74) is 6.45. The summed E-state index contributed by atoms with van der Waals surface area (Å²) in [5.74, 6) is 0.0827. The van der Waals surface area contributed by atoms with Gasteiger partial charge in [-0.3, -0.25) is 9.20 Å². The summed E-state index contributed by atoms with van der Waals surface area (Å²) in [6.45, 7) is 3.83. The molecule has 0 aromatic carbocycles. The fraction of sp³-hybridized carbons (Fsp3) is 0.474. The predicted molar refractivity (Wildman–Crippen MR) is 99.1 cm³/mol. The quantitative estimate of drug-likeness (QED) is 0.771. The average molecular weight is 359 g/mol. The Morgan fingerprint density at radius 3 is 2.88 bits per heavy atom. The van der Waals surface area contributed by atoms with Crippen LogP contribution >= 0.6 is 0 Å². The zero-order chi connectivity index (χ0) is 18.7. The minimum absolute atomic E-state index is 0.250. The molecule has 1 aliphatic rings. The maximum Gasteiger partial charge on any atom is 0.341 e. The molecule has 26 heavy (non-hydrogen) atoms. The van der Waals surface area contributed by atoms with E-state index >= 15 is 0 Å². The highest BCUT2D eigenvalue weighted by Crippen LogP contribution is 2.26. The number of rotatable bonds is 7. The molecule has 1 saturated heterocycles. The van der Waals surface area contributed by atoms with Gasteiger partial charge in [-0.05, 0) is 62.0 Å². The Kier molecular flexibility index (Phi) is 5.58. The van der Waals surface area contributed by atoms with Crippen molar-refractivity contribution in [3.8, 4) is 5.75 Å². The number of fused-ring (bicyclic) bond motifs is 1. The molecule has 1 atom stereocenters. The molecule has 0 spiro atoms. The van der Waals surface area contributed by atoms with Crippen molar-refractivity contribution in [2.45, 2.75) is 19.3 Å². The van der Waals surface area contributed by atoms with Crippen LogP contribution in [0.5, 0.6) is 5.75 Å². The van der Waals surface area contributed by atoms with E-state index in [1.807, 2.05) is 6.07 Å². The van der Waals surface area contributed by atoms with Gasteiger partial charge in [-0.25, -0.2) is 4.79 Å². The zero-order valence-corrected chi connectivity index (χ0v) is 15.0. The number of nitrogens with zero attached hydrogens (tertiary/aromatic N) is 2. The molecule has 3 rings (SSSR count). The van der Waals surface area contributed by atoms with Gasteiger partial charge in [-0.1, -0.05) is 0 Å². The maximum absolute atomic E-state index is 12.3. The normalized spacial score (nSPS) is 17.7. The predicted octanol–water partition coefficient (Wildman–Crippen LogP) is 1.22. The highest BCUT2D eigenvalue weighted by molar-refractivity contribution is 5.87. The molecule has 140 valence electrons. The first-order chi connectivity index (χ1) is 12.5. The largest absolute Gasteiger partial charge is 0.494 e. The lowest BCUT2D eigenvalue weighted by molar-refractivity contribution is 0.0694. The molecule has 7 heteroatoms. The fourth-order valence-electron chi connectivity index (χ4n) is 3.75. The molecule has 2 aromatic rings. The minimum atomic E-state index is -1.23. The molecule has 2 aromatic heterocycles. The van der Waals surface area contributed by atoms with Gasteiger partial charge in [0.2, 0.25) is 0 Å². The number of likely N-dealkylation sites (tertiary alicyclic amines) is 1. The standard InChI is InChI=1S/C19H25N3O4/c1-26-17-14(6-10-21-9-5-13(12-21)4-8-20)7-11-22-16(17)3-2-15(18(22)23)19(24)25/h2-3,7,11,13H,4-6,8-10,12,20H2,1H3,(H,24,25). The van der Waals surface area contributed by atoms with E-state index < -0.39 is 11.5 Å². The number of pyridine rings is 2. The number of aromatic carboxylic acids is 1. The van der Waals surface area contributed by atoms with E-state index in [-0.39, 0.29) is 5.56 Å². The Labute approximate surface area is 152 Å². The fourth-order valence-corrected chi connectivity index (χ4v) is 3.75. The molecular weight excluding hydrogens is 334 g/mol. The van der Waals surface area contributed by atoms with Crippen LogP contribution in [0.25, 0.3) is 5.52 Å². The molecule has 1 fully saturated rings. The number of methoxy groups -OCH3 is 1. The summed E-state index contributed by atoms with van der Waals surface area (Å²) in [6, 6.07) is 4.80. The topological polar surface area (TPSA) is 97.3 Å². The molecule has 7 nitrogen and oxygen atoms in total. The Morgan fingerprint density at radius 1 is 1.38 bits per heavy atom. The summed E-state index contributed by atoms with van der Waals surface area (Å²) < 4.78 is 6.88. The zero-order valence-electron chi connectivity index (χ0n) is 15.0. The first-order valence-corrected chi connectivity index (χ1v) is 8.92. The van der Waals surface area contributed by atoms with Crippen LogP contribution in [0.15, 0.2) is 29.2 Å². The second-order valence-corrected chi connectivity index (χ2v) is 6.77. The van der Waals surface area contributed by atoms with Crippen molar-refractivity contribution in [3.05, 3.63) is 45.9 Å². The number of carboxylic acid groups (broad SMARTS) is 1. The van der Waals surface area contributed by atoms with Crippen molar-refractivity contribution < 1.29 is 14.6 Å². The lowest BCUT2D eigenvalue weighted by Crippen LogP contribution is -2.25. The SMILES string of the molecule is COc1c(CCN2CCC(CCN)C2)ccn2c(=O)c(C(=O)O)ccc12. The molecule has 0 radical (unpaired) electrons. The Hall–Kier alpha value is -2.38. The summed E-state index contributed by atoms with van der Waals surface area (Å²) in [5, 5.41) is 9.11. The third kappa shape index (κ3) is 3.59. The van der Waals surface area contributed by atoms with E-state index in [1.54, 1.807) is 19.4 Å². The van der Waals surface area contributed by atoms with Gasteiger partial charge in [0.1, 0.15) is 11.3 Å². The number of hydrogen-bond acceptors (Lipinski definition) is 5. The summed E-state index contributed by atoms with van der Waals surface area (Å²) >= 11 is 0. The minimum Gasteiger partial charge on any atom is -0.494 e. The molecule has 1 aliphatic heterocycles. The van der Waals surface area contributed by atoms with E-state index in [2.05, 4.69) is 4.90 Å². The van der Waals surface area contributed by atoms with Gasteiger partial charge in [0.25, 0.3) is 5.56 Å². The lowest BCUT2D eigenvalue weighted by Gasteiger charge is -2.18. The van der Waals surface area contributed by atoms with Crippen molar-refractivity contribution in [1.29, 1.82) is 0 Å². The van der Waals surface area contributed by atoms with Crippen LogP contribution in [-0.2, 0) is 6.42 Å². The third-order valence-corrected chi connectivity index (χ3v) is 5.14. The third-order valence-electron chi connectivity index (χ3n) is 5.14. The molecule has 1 unspecified atom stereocenters. The van der Waals surface area contributed by atoms with Crippen LogP contribution in [0.2, 0.25) is 0 Å². The van der Waals surface area contributed by atoms with Gasteiger partial charge in [0.15, 0.2) is 0 Å². The maximum atomic E-state index is 12.3. The molecule has 0 saturated carbocycles. The van der Waals surface area contributed by atoms with Crippen LogP contribution in [-0.4, -0.2) is 53.7 Å². The molecule has 0 bridgehead atoms. The second kappa shape index (κ2) is 7.88. The van der Waals surface area contributed by atoms with Gasteiger partial charge in [0.05, 0.1) is 12.6 Å². The smallest absolute Gasteiger partial charge is 0.341 e. The van der Waals surface area contributed by atoms with Gasteiger partial charge in [-0.15, -0.1) is 0 Å². The molecule has 3 heterocycles. The second-order valence-electron chi connectivity index (χ2n) is 6.77. The van der Waals surface area contributed by atoms with E-state index in [1.165, 1.54) is 16.9 Å². The first-order valence-electron chi connectivity index (χ1n) is 8.92. The average Bonchev–Trinajstić information content (AvgIpc) is 3.07. The number of hydrogen-bond donors (Lipinski definition) is 2. The van der Waals surface area contributed by atoms with Crippen LogP contribution in [0, 0.1) is 5.92 Å². The van der Waals surface area contributed by atoms with Crippen LogP contribution in [0.3, 0.4) is 0 Å². The monoisotopic (exact) mass is 359 g/mol. The molecule has 0 amide bonds. The van der Waals surface area contributed by atoms with Gasteiger partial charge < -0.3 is 20.5 Å². The van der Waals surface area contributed by atoms with Crippen LogP contribution in [0.1, 0.15) is 28.8 Å². The first kappa shape index (κ1) is 18.4. The van der Waals surface area contributed by atoms with E-state index in [4.69, 9.17) is 15.6 Å². The highest BCUT2D eigenvalue weighted by atomic mass is 16.5. The molecule has 3 N–H and O–H groups in total. The van der Waals surface area contributed by atoms with Crippen LogP contribution < -0.4 is 16.0 Å². The number of carboxylic acids is 1. The summed E-state index contributed by atoms with van der Waals surface area (Å²) in [7, 11) is 1.57. The number of ether oxygens (including phenoxy) is 1. The number of carbonyl (C=O) groups is 1. The van der Waals surface area contributed by atoms with Crippen molar-refractivity contribution >= 4 is 11.5 Å². The van der Waals surface area contributed by atoms with E-state index in [9.17, 15) is 9.59 Å². The van der Waals surface area contributed by atoms with Crippen molar-refractivity contribution in [2.75, 3.05) is 33.3 Å². The van der Waals surface area contributed by atoms with Crippen molar-refractivity contribution in [1.82, 2.24) is 9.30 Å².